The summed E-state index contributed by atoms with van der Waals surface area (Å²) in [4.78, 5) is 21.0. The molecule has 4 rings (SSSR count). The van der Waals surface area contributed by atoms with Gasteiger partial charge >= 0.3 is 0 Å². The van der Waals surface area contributed by atoms with Crippen molar-refractivity contribution in [3.63, 3.8) is 0 Å². The van der Waals surface area contributed by atoms with Crippen LogP contribution in [0.25, 0.3) is 11.3 Å². The van der Waals surface area contributed by atoms with Crippen molar-refractivity contribution in [2.75, 3.05) is 24.9 Å². The highest BCUT2D eigenvalue weighted by molar-refractivity contribution is 6.04. The zero-order valence-corrected chi connectivity index (χ0v) is 17.7. The fraction of sp³-hybridized carbons (Fsp3) is 0.0800. The molecule has 7 heteroatoms. The fourth-order valence-electron chi connectivity index (χ4n) is 3.24. The molecule has 2 N–H and O–H groups in total. The Balaban J connectivity index is 1.51. The second kappa shape index (κ2) is 9.61. The average Bonchev–Trinajstić information content (AvgIpc) is 2.85. The van der Waals surface area contributed by atoms with E-state index in [1.807, 2.05) is 66.7 Å². The molecule has 1 amide bonds. The SMILES string of the molecule is COc1cccc(OC)c1-c1cc(Nc2ccc(NC(=O)c3ccccc3)cc2)ncn1. The van der Waals surface area contributed by atoms with E-state index in [-0.39, 0.29) is 5.91 Å². The zero-order valence-electron chi connectivity index (χ0n) is 17.7. The first-order valence-corrected chi connectivity index (χ1v) is 9.95. The topological polar surface area (TPSA) is 85.4 Å². The summed E-state index contributed by atoms with van der Waals surface area (Å²) >= 11 is 0. The Morgan fingerprint density at radius 3 is 2.09 bits per heavy atom. The summed E-state index contributed by atoms with van der Waals surface area (Å²) in [5.41, 5.74) is 3.55. The van der Waals surface area contributed by atoms with Crippen molar-refractivity contribution < 1.29 is 14.3 Å². The Hall–Kier alpha value is -4.39. The zero-order chi connectivity index (χ0) is 22.3. The van der Waals surface area contributed by atoms with Crippen LogP contribution in [0, 0.1) is 0 Å². The van der Waals surface area contributed by atoms with Crippen molar-refractivity contribution in [3.05, 3.63) is 90.8 Å². The van der Waals surface area contributed by atoms with E-state index >= 15 is 0 Å². The Morgan fingerprint density at radius 1 is 0.781 bits per heavy atom. The summed E-state index contributed by atoms with van der Waals surface area (Å²) < 4.78 is 11.0. The maximum atomic E-state index is 12.3. The lowest BCUT2D eigenvalue weighted by molar-refractivity contribution is 0.102. The minimum atomic E-state index is -0.155. The van der Waals surface area contributed by atoms with Crippen LogP contribution in [-0.4, -0.2) is 30.1 Å². The Kier molecular flexibility index (Phi) is 6.27. The van der Waals surface area contributed by atoms with Gasteiger partial charge in [0.25, 0.3) is 5.91 Å². The number of amides is 1. The Morgan fingerprint density at radius 2 is 1.44 bits per heavy atom. The molecule has 0 aliphatic carbocycles. The number of aromatic nitrogens is 2. The van der Waals surface area contributed by atoms with Gasteiger partial charge in [0.1, 0.15) is 23.6 Å². The molecule has 0 unspecified atom stereocenters. The van der Waals surface area contributed by atoms with Crippen LogP contribution in [0.4, 0.5) is 17.2 Å². The molecule has 0 aliphatic heterocycles. The van der Waals surface area contributed by atoms with E-state index in [9.17, 15) is 4.79 Å². The summed E-state index contributed by atoms with van der Waals surface area (Å²) in [6.45, 7) is 0. The maximum Gasteiger partial charge on any atom is 0.255 e. The summed E-state index contributed by atoms with van der Waals surface area (Å²) in [6, 6.07) is 23.9. The molecule has 160 valence electrons. The summed E-state index contributed by atoms with van der Waals surface area (Å²) in [6.07, 6.45) is 1.48. The van der Waals surface area contributed by atoms with E-state index < -0.39 is 0 Å². The molecule has 0 aliphatic rings. The molecule has 0 bridgehead atoms. The summed E-state index contributed by atoms with van der Waals surface area (Å²) in [7, 11) is 3.22. The number of methoxy groups -OCH3 is 2. The third kappa shape index (κ3) is 4.67. The standard InChI is InChI=1S/C25H22N4O3/c1-31-21-9-6-10-22(32-2)24(21)20-15-23(27-16-26-20)28-18-11-13-19(14-12-18)29-25(30)17-7-4-3-5-8-17/h3-16H,1-2H3,(H,29,30)(H,26,27,28). The van der Waals surface area contributed by atoms with E-state index in [2.05, 4.69) is 20.6 Å². The quantitative estimate of drug-likeness (QED) is 0.425. The number of hydrogen-bond acceptors (Lipinski definition) is 6. The number of ether oxygens (including phenoxy) is 2. The molecule has 32 heavy (non-hydrogen) atoms. The normalized spacial score (nSPS) is 10.3. The number of rotatable bonds is 7. The molecule has 3 aromatic carbocycles. The van der Waals surface area contributed by atoms with Crippen molar-refractivity contribution in [2.45, 2.75) is 0 Å². The van der Waals surface area contributed by atoms with Crippen LogP contribution in [0.1, 0.15) is 10.4 Å². The predicted octanol–water partition coefficient (Wildman–Crippen LogP) is 5.16. The lowest BCUT2D eigenvalue weighted by Crippen LogP contribution is -2.11. The van der Waals surface area contributed by atoms with E-state index in [4.69, 9.17) is 9.47 Å². The second-order valence-corrected chi connectivity index (χ2v) is 6.85. The fourth-order valence-corrected chi connectivity index (χ4v) is 3.24. The highest BCUT2D eigenvalue weighted by Gasteiger charge is 2.14. The van der Waals surface area contributed by atoms with Gasteiger partial charge in [0.15, 0.2) is 0 Å². The van der Waals surface area contributed by atoms with Crippen molar-refractivity contribution in [1.29, 1.82) is 0 Å². The van der Waals surface area contributed by atoms with Gasteiger partial charge in [0, 0.05) is 23.0 Å². The minimum absolute atomic E-state index is 0.155. The van der Waals surface area contributed by atoms with E-state index in [1.165, 1.54) is 6.33 Å². The molecule has 0 spiro atoms. The van der Waals surface area contributed by atoms with Crippen LogP contribution < -0.4 is 20.1 Å². The average molecular weight is 426 g/mol. The predicted molar refractivity (Wildman–Crippen MR) is 125 cm³/mol. The van der Waals surface area contributed by atoms with Gasteiger partial charge in [-0.15, -0.1) is 0 Å². The lowest BCUT2D eigenvalue weighted by Gasteiger charge is -2.13. The number of anilines is 3. The molecule has 0 atom stereocenters. The third-order valence-electron chi connectivity index (χ3n) is 4.80. The second-order valence-electron chi connectivity index (χ2n) is 6.85. The van der Waals surface area contributed by atoms with Crippen molar-refractivity contribution in [1.82, 2.24) is 9.97 Å². The molecule has 1 aromatic heterocycles. The molecule has 0 saturated heterocycles. The number of carbonyl (C=O) groups excluding carboxylic acids is 1. The van der Waals surface area contributed by atoms with Crippen molar-refractivity contribution in [3.8, 4) is 22.8 Å². The Bertz CT molecular complexity index is 1190. The molecule has 1 heterocycles. The highest BCUT2D eigenvalue weighted by Crippen LogP contribution is 2.37. The lowest BCUT2D eigenvalue weighted by atomic mass is 10.1. The molecule has 4 aromatic rings. The largest absolute Gasteiger partial charge is 0.496 e. The summed E-state index contributed by atoms with van der Waals surface area (Å²) in [5, 5.41) is 6.14. The first kappa shape index (κ1) is 20.9. The Labute approximate surface area is 186 Å². The molecule has 0 saturated carbocycles. The number of nitrogens with zero attached hydrogens (tertiary/aromatic N) is 2. The van der Waals surface area contributed by atoms with Gasteiger partial charge < -0.3 is 20.1 Å². The van der Waals surface area contributed by atoms with Crippen LogP contribution in [0.5, 0.6) is 11.5 Å². The molecule has 0 radical (unpaired) electrons. The smallest absolute Gasteiger partial charge is 0.255 e. The van der Waals surface area contributed by atoms with Crippen LogP contribution in [0.3, 0.4) is 0 Å². The van der Waals surface area contributed by atoms with Gasteiger partial charge in [-0.2, -0.15) is 0 Å². The molecular weight excluding hydrogens is 404 g/mol. The van der Waals surface area contributed by atoms with Gasteiger partial charge in [-0.05, 0) is 48.5 Å². The number of benzene rings is 3. The number of carbonyl (C=O) groups is 1. The molecule has 7 nitrogen and oxygen atoms in total. The van der Waals surface area contributed by atoms with E-state index in [0.717, 1.165) is 11.3 Å². The number of hydrogen-bond donors (Lipinski definition) is 2. The van der Waals surface area contributed by atoms with Gasteiger partial charge in [-0.25, -0.2) is 9.97 Å². The van der Waals surface area contributed by atoms with Crippen LogP contribution >= 0.6 is 0 Å². The minimum Gasteiger partial charge on any atom is -0.496 e. The van der Waals surface area contributed by atoms with E-state index in [0.29, 0.717) is 34.3 Å². The summed E-state index contributed by atoms with van der Waals surface area (Å²) in [5.74, 6) is 1.78. The van der Waals surface area contributed by atoms with Gasteiger partial charge in [-0.3, -0.25) is 4.79 Å². The highest BCUT2D eigenvalue weighted by atomic mass is 16.5. The van der Waals surface area contributed by atoms with Crippen LogP contribution in [-0.2, 0) is 0 Å². The first-order chi connectivity index (χ1) is 15.7. The monoisotopic (exact) mass is 426 g/mol. The molecular formula is C25H22N4O3. The molecule has 0 fully saturated rings. The van der Waals surface area contributed by atoms with Crippen LogP contribution in [0.2, 0.25) is 0 Å². The van der Waals surface area contributed by atoms with Crippen molar-refractivity contribution >= 4 is 23.1 Å². The van der Waals surface area contributed by atoms with Crippen molar-refractivity contribution in [2.24, 2.45) is 0 Å². The maximum absolute atomic E-state index is 12.3. The third-order valence-corrected chi connectivity index (χ3v) is 4.80. The number of nitrogens with one attached hydrogen (secondary N) is 2. The van der Waals surface area contributed by atoms with Gasteiger partial charge in [0.05, 0.1) is 25.5 Å². The van der Waals surface area contributed by atoms with Crippen LogP contribution in [0.15, 0.2) is 85.2 Å². The van der Waals surface area contributed by atoms with E-state index in [1.54, 1.807) is 26.4 Å². The van der Waals surface area contributed by atoms with Gasteiger partial charge in [-0.1, -0.05) is 24.3 Å². The first-order valence-electron chi connectivity index (χ1n) is 9.95. The van der Waals surface area contributed by atoms with Gasteiger partial charge in [0.2, 0.25) is 0 Å².